The fourth-order valence-corrected chi connectivity index (χ4v) is 1.28. The Labute approximate surface area is 100 Å². The van der Waals surface area contributed by atoms with Gasteiger partial charge in [0.2, 0.25) is 0 Å². The lowest BCUT2D eigenvalue weighted by molar-refractivity contribution is -0.145. The van der Waals surface area contributed by atoms with Crippen molar-refractivity contribution in [2.24, 2.45) is 0 Å². The molecule has 0 spiro atoms. The van der Waals surface area contributed by atoms with Crippen LogP contribution in [0.1, 0.15) is 5.56 Å². The number of carbonyl (C=O) groups is 2. The molecule has 0 aliphatic rings. The first-order valence-electron chi connectivity index (χ1n) is 5.33. The van der Waals surface area contributed by atoms with Crippen LogP contribution in [0.2, 0.25) is 0 Å². The van der Waals surface area contributed by atoms with E-state index in [4.69, 9.17) is 5.11 Å². The first kappa shape index (κ1) is 13.2. The second kappa shape index (κ2) is 6.65. The van der Waals surface area contributed by atoms with Crippen LogP contribution in [0, 0.1) is 0 Å². The van der Waals surface area contributed by atoms with E-state index in [2.05, 4.69) is 5.32 Å². The van der Waals surface area contributed by atoms with Crippen LogP contribution in [0.25, 0.3) is 0 Å². The molecule has 5 nitrogen and oxygen atoms in total. The zero-order chi connectivity index (χ0) is 12.7. The lowest BCUT2D eigenvalue weighted by atomic mass is 10.2. The second-order valence-corrected chi connectivity index (χ2v) is 3.62. The molecule has 2 amide bonds. The van der Waals surface area contributed by atoms with E-state index in [0.717, 1.165) is 5.56 Å². The van der Waals surface area contributed by atoms with E-state index in [9.17, 15) is 9.59 Å². The van der Waals surface area contributed by atoms with E-state index >= 15 is 0 Å². The highest BCUT2D eigenvalue weighted by atomic mass is 16.3. The summed E-state index contributed by atoms with van der Waals surface area (Å²) in [6.45, 7) is 0.310. The standard InChI is InChI=1S/C12H16N2O3/c1-14(7-8-15)12(17)11(16)13-9-10-5-3-2-4-6-10/h2-6,15H,7-9H2,1H3,(H,13,16). The van der Waals surface area contributed by atoms with Crippen LogP contribution in [-0.2, 0) is 16.1 Å². The largest absolute Gasteiger partial charge is 0.395 e. The molecule has 0 aliphatic carbocycles. The number of likely N-dealkylation sites (N-methyl/N-ethyl adjacent to an activating group) is 1. The number of carbonyl (C=O) groups excluding carboxylic acids is 2. The van der Waals surface area contributed by atoms with Gasteiger partial charge in [-0.15, -0.1) is 0 Å². The molecule has 0 radical (unpaired) electrons. The zero-order valence-corrected chi connectivity index (χ0v) is 9.72. The van der Waals surface area contributed by atoms with Crippen LogP contribution in [0.15, 0.2) is 30.3 Å². The predicted octanol–water partition coefficient (Wildman–Crippen LogP) is -0.246. The van der Waals surface area contributed by atoms with Crippen LogP contribution in [0.4, 0.5) is 0 Å². The minimum absolute atomic E-state index is 0.150. The smallest absolute Gasteiger partial charge is 0.311 e. The number of rotatable bonds is 4. The molecule has 2 N–H and O–H groups in total. The van der Waals surface area contributed by atoms with Crippen LogP contribution >= 0.6 is 0 Å². The van der Waals surface area contributed by atoms with E-state index < -0.39 is 11.8 Å². The summed E-state index contributed by atoms with van der Waals surface area (Å²) >= 11 is 0. The molecule has 0 saturated carbocycles. The highest BCUT2D eigenvalue weighted by Gasteiger charge is 2.17. The van der Waals surface area contributed by atoms with Crippen molar-refractivity contribution in [1.82, 2.24) is 10.2 Å². The molecule has 0 unspecified atom stereocenters. The van der Waals surface area contributed by atoms with E-state index in [-0.39, 0.29) is 13.2 Å². The van der Waals surface area contributed by atoms with Gasteiger partial charge >= 0.3 is 11.8 Å². The van der Waals surface area contributed by atoms with Crippen molar-refractivity contribution in [2.75, 3.05) is 20.2 Å². The maximum absolute atomic E-state index is 11.5. The maximum Gasteiger partial charge on any atom is 0.311 e. The van der Waals surface area contributed by atoms with Gasteiger partial charge in [0, 0.05) is 20.1 Å². The van der Waals surface area contributed by atoms with Gasteiger partial charge in [-0.25, -0.2) is 0 Å². The van der Waals surface area contributed by atoms with Crippen LogP contribution < -0.4 is 5.32 Å². The summed E-state index contributed by atoms with van der Waals surface area (Å²) in [5, 5.41) is 11.2. The molecule has 5 heteroatoms. The zero-order valence-electron chi connectivity index (χ0n) is 9.72. The topological polar surface area (TPSA) is 69.6 Å². The maximum atomic E-state index is 11.5. The number of nitrogens with one attached hydrogen (secondary N) is 1. The first-order valence-corrected chi connectivity index (χ1v) is 5.33. The van der Waals surface area contributed by atoms with E-state index in [1.807, 2.05) is 30.3 Å². The van der Waals surface area contributed by atoms with E-state index in [1.54, 1.807) is 0 Å². The fraction of sp³-hybridized carbons (Fsp3) is 0.333. The number of aliphatic hydroxyl groups excluding tert-OH is 1. The van der Waals surface area contributed by atoms with Crippen molar-refractivity contribution in [3.05, 3.63) is 35.9 Å². The number of benzene rings is 1. The van der Waals surface area contributed by atoms with E-state index in [0.29, 0.717) is 6.54 Å². The molecule has 92 valence electrons. The Morgan fingerprint density at radius 2 is 1.94 bits per heavy atom. The molecule has 1 aromatic rings. The number of nitrogens with zero attached hydrogens (tertiary/aromatic N) is 1. The minimum atomic E-state index is -0.662. The Kier molecular flexibility index (Phi) is 5.16. The average Bonchev–Trinajstić information content (AvgIpc) is 2.36. The molecule has 0 heterocycles. The Hall–Kier alpha value is -1.88. The summed E-state index contributed by atoms with van der Waals surface area (Å²) in [6, 6.07) is 9.33. The van der Waals surface area contributed by atoms with Gasteiger partial charge in [-0.1, -0.05) is 30.3 Å². The highest BCUT2D eigenvalue weighted by Crippen LogP contribution is 1.97. The Balaban J connectivity index is 2.42. The molecule has 0 fully saturated rings. The molecular weight excluding hydrogens is 220 g/mol. The van der Waals surface area contributed by atoms with Crippen molar-refractivity contribution in [3.8, 4) is 0 Å². The van der Waals surface area contributed by atoms with Crippen LogP contribution in [0.5, 0.6) is 0 Å². The van der Waals surface area contributed by atoms with Crippen molar-refractivity contribution in [3.63, 3.8) is 0 Å². The van der Waals surface area contributed by atoms with Gasteiger partial charge in [-0.3, -0.25) is 9.59 Å². The Bertz CT molecular complexity index is 379. The molecule has 0 aliphatic heterocycles. The number of hydrogen-bond donors (Lipinski definition) is 2. The summed E-state index contributed by atoms with van der Waals surface area (Å²) in [5.41, 5.74) is 0.929. The molecule has 1 aromatic carbocycles. The average molecular weight is 236 g/mol. The van der Waals surface area contributed by atoms with Crippen molar-refractivity contribution < 1.29 is 14.7 Å². The Morgan fingerprint density at radius 3 is 2.53 bits per heavy atom. The molecule has 17 heavy (non-hydrogen) atoms. The van der Waals surface area contributed by atoms with Crippen molar-refractivity contribution in [2.45, 2.75) is 6.54 Å². The highest BCUT2D eigenvalue weighted by molar-refractivity contribution is 6.34. The van der Waals surface area contributed by atoms with Crippen LogP contribution in [-0.4, -0.2) is 42.0 Å². The quantitative estimate of drug-likeness (QED) is 0.708. The summed E-state index contributed by atoms with van der Waals surface area (Å²) in [5.74, 6) is -1.31. The minimum Gasteiger partial charge on any atom is -0.395 e. The lowest BCUT2D eigenvalue weighted by Gasteiger charge is -2.14. The molecule has 0 atom stereocenters. The molecule has 0 saturated heterocycles. The van der Waals surface area contributed by atoms with Crippen molar-refractivity contribution in [1.29, 1.82) is 0 Å². The SMILES string of the molecule is CN(CCO)C(=O)C(=O)NCc1ccccc1. The van der Waals surface area contributed by atoms with Gasteiger partial charge in [-0.05, 0) is 5.56 Å². The third-order valence-corrected chi connectivity index (χ3v) is 2.27. The van der Waals surface area contributed by atoms with Crippen molar-refractivity contribution >= 4 is 11.8 Å². The number of hydrogen-bond acceptors (Lipinski definition) is 3. The number of amides is 2. The lowest BCUT2D eigenvalue weighted by Crippen LogP contribution is -2.41. The second-order valence-electron chi connectivity index (χ2n) is 3.62. The molecular formula is C12H16N2O3. The monoisotopic (exact) mass is 236 g/mol. The summed E-state index contributed by atoms with van der Waals surface area (Å²) in [6.07, 6.45) is 0. The summed E-state index contributed by atoms with van der Waals surface area (Å²) in [7, 11) is 1.47. The summed E-state index contributed by atoms with van der Waals surface area (Å²) in [4.78, 5) is 24.1. The van der Waals surface area contributed by atoms with Gasteiger partial charge in [0.15, 0.2) is 0 Å². The van der Waals surface area contributed by atoms with Gasteiger partial charge in [-0.2, -0.15) is 0 Å². The normalized spacial score (nSPS) is 9.76. The van der Waals surface area contributed by atoms with Gasteiger partial charge < -0.3 is 15.3 Å². The van der Waals surface area contributed by atoms with E-state index in [1.165, 1.54) is 11.9 Å². The van der Waals surface area contributed by atoms with Gasteiger partial charge in [0.05, 0.1) is 6.61 Å². The fourth-order valence-electron chi connectivity index (χ4n) is 1.28. The predicted molar refractivity (Wildman–Crippen MR) is 63.0 cm³/mol. The molecule has 0 aromatic heterocycles. The van der Waals surface area contributed by atoms with Crippen LogP contribution in [0.3, 0.4) is 0 Å². The molecule has 0 bridgehead atoms. The third-order valence-electron chi connectivity index (χ3n) is 2.27. The Morgan fingerprint density at radius 1 is 1.29 bits per heavy atom. The third kappa shape index (κ3) is 4.24. The summed E-state index contributed by atoms with van der Waals surface area (Å²) < 4.78 is 0. The van der Waals surface area contributed by atoms with Gasteiger partial charge in [0.25, 0.3) is 0 Å². The molecule has 1 rings (SSSR count). The first-order chi connectivity index (χ1) is 8.15. The van der Waals surface area contributed by atoms with Gasteiger partial charge in [0.1, 0.15) is 0 Å². The number of aliphatic hydroxyl groups is 1.